The largest absolute Gasteiger partial charge is 0.383 e. The Hall–Kier alpha value is -3.35. The number of aromatic nitrogens is 2. The van der Waals surface area contributed by atoms with Crippen LogP contribution in [0.1, 0.15) is 11.1 Å². The van der Waals surface area contributed by atoms with Gasteiger partial charge >= 0.3 is 0 Å². The van der Waals surface area contributed by atoms with Crippen molar-refractivity contribution in [1.29, 1.82) is 0 Å². The molecule has 4 N–H and O–H groups in total. The number of rotatable bonds is 7. The first-order valence-corrected chi connectivity index (χ1v) is 14.1. The van der Waals surface area contributed by atoms with Gasteiger partial charge in [-0.2, -0.15) is 5.10 Å². The third-order valence-electron chi connectivity index (χ3n) is 5.63. The van der Waals surface area contributed by atoms with Crippen molar-refractivity contribution in [2.75, 3.05) is 20.3 Å². The zero-order valence-corrected chi connectivity index (χ0v) is 21.1. The van der Waals surface area contributed by atoms with Crippen molar-refractivity contribution in [3.05, 3.63) is 90.0 Å². The number of primary sulfonamides is 1. The summed E-state index contributed by atoms with van der Waals surface area (Å²) in [5, 5.41) is 12.4. The van der Waals surface area contributed by atoms with Crippen molar-refractivity contribution in [2.45, 2.75) is 16.2 Å². The second-order valence-electron chi connectivity index (χ2n) is 8.03. The summed E-state index contributed by atoms with van der Waals surface area (Å²) < 4.78 is 53.1. The molecule has 36 heavy (non-hydrogen) atoms. The van der Waals surface area contributed by atoms with Gasteiger partial charge in [-0.15, -0.1) is 0 Å². The van der Waals surface area contributed by atoms with Crippen LogP contribution in [0.5, 0.6) is 0 Å². The average Bonchev–Trinajstić information content (AvgIpc) is 3.44. The predicted octanol–water partition coefficient (Wildman–Crippen LogP) is 2.91. The van der Waals surface area contributed by atoms with E-state index in [0.717, 1.165) is 28.9 Å². The molecule has 1 aromatic heterocycles. The van der Waals surface area contributed by atoms with E-state index in [0.29, 0.717) is 6.61 Å². The van der Waals surface area contributed by atoms with E-state index in [-0.39, 0.29) is 16.3 Å². The van der Waals surface area contributed by atoms with Gasteiger partial charge in [0.25, 0.3) is 0 Å². The highest BCUT2D eigenvalue weighted by atomic mass is 32.2. The van der Waals surface area contributed by atoms with Gasteiger partial charge in [0, 0.05) is 36.8 Å². The van der Waals surface area contributed by atoms with Crippen LogP contribution in [0.3, 0.4) is 0 Å². The smallest absolute Gasteiger partial charge is 0.240 e. The fourth-order valence-electron chi connectivity index (χ4n) is 3.87. The molecule has 0 saturated heterocycles. The predicted molar refractivity (Wildman–Crippen MR) is 137 cm³/mol. The molecule has 0 atom stereocenters. The van der Waals surface area contributed by atoms with Crippen LogP contribution in [0.2, 0.25) is 0 Å². The summed E-state index contributed by atoms with van der Waals surface area (Å²) in [5.41, 5.74) is 6.42. The Balaban J connectivity index is 0.000000256. The van der Waals surface area contributed by atoms with E-state index >= 15 is 0 Å². The first-order chi connectivity index (χ1) is 17.2. The number of hydrogen-bond donors (Lipinski definition) is 3. The van der Waals surface area contributed by atoms with Crippen LogP contribution in [-0.2, 0) is 31.2 Å². The lowest BCUT2D eigenvalue weighted by Gasteiger charge is -2.07. The summed E-state index contributed by atoms with van der Waals surface area (Å²) in [4.78, 5) is 0.378. The Morgan fingerprint density at radius 3 is 2.22 bits per heavy atom. The number of fused-ring (bicyclic) bond motifs is 3. The van der Waals surface area contributed by atoms with Gasteiger partial charge in [-0.05, 0) is 29.8 Å². The molecule has 4 aromatic rings. The second-order valence-corrected chi connectivity index (χ2v) is 11.4. The van der Waals surface area contributed by atoms with Gasteiger partial charge in [0.05, 0.1) is 27.8 Å². The number of H-pyrrole nitrogens is 1. The summed E-state index contributed by atoms with van der Waals surface area (Å²) in [6.45, 7) is 0.572. The van der Waals surface area contributed by atoms with Gasteiger partial charge in [0.1, 0.15) is 0 Å². The van der Waals surface area contributed by atoms with Crippen LogP contribution in [0.25, 0.3) is 22.5 Å². The van der Waals surface area contributed by atoms with Gasteiger partial charge in [-0.1, -0.05) is 54.6 Å². The number of nitrogens with zero attached hydrogens (tertiary/aromatic N) is 1. The van der Waals surface area contributed by atoms with Crippen LogP contribution >= 0.6 is 0 Å². The topological polar surface area (TPSA) is 144 Å². The molecule has 0 unspecified atom stereocenters. The molecule has 0 spiro atoms. The van der Waals surface area contributed by atoms with Crippen LogP contribution in [-0.4, -0.2) is 47.3 Å². The van der Waals surface area contributed by atoms with E-state index in [1.807, 2.05) is 12.1 Å². The fourth-order valence-corrected chi connectivity index (χ4v) is 5.42. The van der Waals surface area contributed by atoms with E-state index < -0.39 is 20.0 Å². The van der Waals surface area contributed by atoms with Crippen molar-refractivity contribution >= 4 is 20.0 Å². The maximum Gasteiger partial charge on any atom is 0.240 e. The summed E-state index contributed by atoms with van der Waals surface area (Å²) in [6, 6.07) is 23.0. The molecule has 0 radical (unpaired) electrons. The molecule has 1 aliphatic rings. The molecule has 1 aliphatic carbocycles. The number of hydrogen-bond acceptors (Lipinski definition) is 6. The molecule has 9 nitrogen and oxygen atoms in total. The van der Waals surface area contributed by atoms with Crippen LogP contribution in [0.4, 0.5) is 0 Å². The SMILES string of the molecule is COCCNS(=O)(=O)c1ccc(-c2n[nH]c3c2Cc2ccccc2-3)cc1.NS(=O)(=O)c1ccccc1. The van der Waals surface area contributed by atoms with E-state index in [9.17, 15) is 16.8 Å². The number of nitrogens with two attached hydrogens (primary N) is 1. The number of ether oxygens (including phenoxy) is 1. The van der Waals surface area contributed by atoms with Crippen molar-refractivity contribution < 1.29 is 21.6 Å². The maximum atomic E-state index is 12.3. The average molecular weight is 527 g/mol. The molecule has 0 amide bonds. The van der Waals surface area contributed by atoms with Gasteiger partial charge < -0.3 is 4.74 Å². The highest BCUT2D eigenvalue weighted by molar-refractivity contribution is 7.89. The molecule has 11 heteroatoms. The van der Waals surface area contributed by atoms with Gasteiger partial charge in [-0.3, -0.25) is 5.10 Å². The van der Waals surface area contributed by atoms with E-state index in [1.165, 1.54) is 30.4 Å². The summed E-state index contributed by atoms with van der Waals surface area (Å²) in [7, 11) is -5.50. The molecule has 5 rings (SSSR count). The van der Waals surface area contributed by atoms with E-state index in [2.05, 4.69) is 27.1 Å². The van der Waals surface area contributed by atoms with Crippen molar-refractivity contribution in [3.63, 3.8) is 0 Å². The minimum absolute atomic E-state index is 0.148. The van der Waals surface area contributed by atoms with Crippen LogP contribution in [0, 0.1) is 0 Å². The van der Waals surface area contributed by atoms with Gasteiger partial charge in [-0.25, -0.2) is 26.7 Å². The van der Waals surface area contributed by atoms with Gasteiger partial charge in [0.15, 0.2) is 0 Å². The minimum Gasteiger partial charge on any atom is -0.383 e. The minimum atomic E-state index is -3.53. The Morgan fingerprint density at radius 2 is 1.58 bits per heavy atom. The first kappa shape index (κ1) is 25.7. The maximum absolute atomic E-state index is 12.3. The quantitative estimate of drug-likeness (QED) is 0.278. The number of nitrogens with one attached hydrogen (secondary N) is 2. The highest BCUT2D eigenvalue weighted by Gasteiger charge is 2.24. The second kappa shape index (κ2) is 10.7. The number of aromatic amines is 1. The molecule has 3 aromatic carbocycles. The monoisotopic (exact) mass is 526 g/mol. The lowest BCUT2D eigenvalue weighted by Crippen LogP contribution is -2.27. The molecule has 1 heterocycles. The lowest BCUT2D eigenvalue weighted by molar-refractivity contribution is 0.204. The van der Waals surface area contributed by atoms with Gasteiger partial charge in [0.2, 0.25) is 20.0 Å². The van der Waals surface area contributed by atoms with E-state index in [1.54, 1.807) is 42.5 Å². The van der Waals surface area contributed by atoms with Crippen molar-refractivity contribution in [3.8, 4) is 22.5 Å². The van der Waals surface area contributed by atoms with Crippen molar-refractivity contribution in [2.24, 2.45) is 5.14 Å². The zero-order chi connectivity index (χ0) is 25.8. The van der Waals surface area contributed by atoms with Crippen LogP contribution in [0.15, 0.2) is 88.7 Å². The lowest BCUT2D eigenvalue weighted by atomic mass is 10.1. The third-order valence-corrected chi connectivity index (χ3v) is 8.04. The number of benzene rings is 3. The Kier molecular flexibility index (Phi) is 7.67. The standard InChI is InChI=1S/C19H19N3O3S.C6H7NO2S/c1-25-11-10-20-26(23,24)15-8-6-13(7-9-15)18-17-12-14-4-2-3-5-16(14)19(17)22-21-18;7-10(8,9)6-4-2-1-3-5-6/h2-9,20H,10-12H2,1H3,(H,21,22);1-5H,(H2,7,8,9). The summed E-state index contributed by atoms with van der Waals surface area (Å²) >= 11 is 0. The first-order valence-electron chi connectivity index (χ1n) is 11.0. The molecular formula is C25H26N4O5S2. The zero-order valence-electron chi connectivity index (χ0n) is 19.5. The molecule has 0 aliphatic heterocycles. The van der Waals surface area contributed by atoms with E-state index in [4.69, 9.17) is 9.88 Å². The van der Waals surface area contributed by atoms with Crippen LogP contribution < -0.4 is 9.86 Å². The van der Waals surface area contributed by atoms with Crippen molar-refractivity contribution in [1.82, 2.24) is 14.9 Å². The Morgan fingerprint density at radius 1 is 0.917 bits per heavy atom. The third kappa shape index (κ3) is 5.72. The molecule has 0 fully saturated rings. The molecule has 0 saturated carbocycles. The normalized spacial score (nSPS) is 12.4. The number of sulfonamides is 2. The molecule has 188 valence electrons. The fraction of sp³-hybridized carbons (Fsp3) is 0.160. The number of methoxy groups -OCH3 is 1. The molecular weight excluding hydrogens is 500 g/mol. The highest BCUT2D eigenvalue weighted by Crippen LogP contribution is 2.39. The Labute approximate surface area is 210 Å². The summed E-state index contributed by atoms with van der Waals surface area (Å²) in [6.07, 6.45) is 0.829. The summed E-state index contributed by atoms with van der Waals surface area (Å²) in [5.74, 6) is 0. The Bertz CT molecular complexity index is 1550. The molecule has 0 bridgehead atoms.